The molecule has 0 bridgehead atoms. The zero-order valence-electron chi connectivity index (χ0n) is 9.93. The van der Waals surface area contributed by atoms with Gasteiger partial charge in [-0.3, -0.25) is 0 Å². The van der Waals surface area contributed by atoms with E-state index in [1.54, 1.807) is 0 Å². The molecule has 0 atom stereocenters. The summed E-state index contributed by atoms with van der Waals surface area (Å²) in [7, 11) is 0. The number of hydrogen-bond acceptors (Lipinski definition) is 2. The average Bonchev–Trinajstić information content (AvgIpc) is 2.87. The van der Waals surface area contributed by atoms with Crippen molar-refractivity contribution in [3.8, 4) is 11.3 Å². The third-order valence-electron chi connectivity index (χ3n) is 3.06. The number of H-pyrrole nitrogens is 1. The Balaban J connectivity index is 2.12. The number of hydrogen-bond donors (Lipinski definition) is 2. The first-order valence-electron chi connectivity index (χ1n) is 6.01. The van der Waals surface area contributed by atoms with Gasteiger partial charge in [0.1, 0.15) is 5.82 Å². The zero-order valence-corrected chi connectivity index (χ0v) is 9.93. The molecule has 3 heteroatoms. The van der Waals surface area contributed by atoms with Crippen molar-refractivity contribution < 1.29 is 5.11 Å². The van der Waals surface area contributed by atoms with Gasteiger partial charge in [0.05, 0.1) is 18.5 Å². The van der Waals surface area contributed by atoms with Crippen molar-refractivity contribution in [2.75, 3.05) is 6.61 Å². The molecule has 0 amide bonds. The predicted molar refractivity (Wildman–Crippen MR) is 72.3 cm³/mol. The number of aromatic nitrogens is 2. The van der Waals surface area contributed by atoms with Crippen LogP contribution in [0, 0.1) is 0 Å². The van der Waals surface area contributed by atoms with Crippen molar-refractivity contribution >= 4 is 10.8 Å². The first-order valence-corrected chi connectivity index (χ1v) is 6.01. The maximum absolute atomic E-state index is 8.91. The van der Waals surface area contributed by atoms with E-state index in [0.717, 1.165) is 17.1 Å². The van der Waals surface area contributed by atoms with E-state index in [9.17, 15) is 0 Å². The molecule has 3 nitrogen and oxygen atoms in total. The van der Waals surface area contributed by atoms with Gasteiger partial charge in [0.2, 0.25) is 0 Å². The molecule has 0 radical (unpaired) electrons. The Kier molecular flexibility index (Phi) is 2.82. The summed E-state index contributed by atoms with van der Waals surface area (Å²) >= 11 is 0. The number of benzene rings is 2. The molecule has 0 saturated heterocycles. The van der Waals surface area contributed by atoms with E-state index >= 15 is 0 Å². The second-order valence-corrected chi connectivity index (χ2v) is 4.24. The van der Waals surface area contributed by atoms with E-state index in [1.165, 1.54) is 10.8 Å². The Hall–Kier alpha value is -2.13. The van der Waals surface area contributed by atoms with Crippen LogP contribution in [0.3, 0.4) is 0 Å². The largest absolute Gasteiger partial charge is 0.396 e. The van der Waals surface area contributed by atoms with Gasteiger partial charge in [-0.2, -0.15) is 0 Å². The summed E-state index contributed by atoms with van der Waals surface area (Å²) in [6, 6.07) is 14.5. The molecule has 3 rings (SSSR count). The van der Waals surface area contributed by atoms with Gasteiger partial charge in [-0.05, 0) is 10.8 Å². The third kappa shape index (κ3) is 1.89. The van der Waals surface area contributed by atoms with Crippen molar-refractivity contribution in [2.24, 2.45) is 0 Å². The molecule has 0 fully saturated rings. The van der Waals surface area contributed by atoms with Crippen LogP contribution in [0.15, 0.2) is 48.7 Å². The number of imidazole rings is 1. The molecule has 0 aliphatic carbocycles. The monoisotopic (exact) mass is 238 g/mol. The highest BCUT2D eigenvalue weighted by atomic mass is 16.3. The van der Waals surface area contributed by atoms with Gasteiger partial charge in [-0.25, -0.2) is 4.98 Å². The molecule has 90 valence electrons. The van der Waals surface area contributed by atoms with Crippen LogP contribution >= 0.6 is 0 Å². The molecule has 2 aromatic carbocycles. The van der Waals surface area contributed by atoms with E-state index in [1.807, 2.05) is 24.4 Å². The molecule has 3 aromatic rings. The number of nitrogens with one attached hydrogen (secondary N) is 1. The quantitative estimate of drug-likeness (QED) is 0.737. The lowest BCUT2D eigenvalue weighted by Gasteiger charge is -2.03. The van der Waals surface area contributed by atoms with Crippen molar-refractivity contribution in [1.29, 1.82) is 0 Å². The molecule has 0 spiro atoms. The average molecular weight is 238 g/mol. The molecule has 0 aliphatic heterocycles. The Bertz CT molecular complexity index is 668. The van der Waals surface area contributed by atoms with Crippen LogP contribution in [0.1, 0.15) is 5.82 Å². The minimum absolute atomic E-state index is 0.114. The van der Waals surface area contributed by atoms with Crippen molar-refractivity contribution in [1.82, 2.24) is 9.97 Å². The topological polar surface area (TPSA) is 48.9 Å². The highest BCUT2D eigenvalue weighted by Crippen LogP contribution is 2.27. The summed E-state index contributed by atoms with van der Waals surface area (Å²) in [6.45, 7) is 0.114. The lowest BCUT2D eigenvalue weighted by atomic mass is 10.0. The van der Waals surface area contributed by atoms with Crippen molar-refractivity contribution in [2.45, 2.75) is 6.42 Å². The Morgan fingerprint density at radius 1 is 1.06 bits per heavy atom. The minimum Gasteiger partial charge on any atom is -0.396 e. The third-order valence-corrected chi connectivity index (χ3v) is 3.06. The predicted octanol–water partition coefficient (Wildman–Crippen LogP) is 2.76. The van der Waals surface area contributed by atoms with Gasteiger partial charge in [0.25, 0.3) is 0 Å². The van der Waals surface area contributed by atoms with Gasteiger partial charge in [-0.15, -0.1) is 0 Å². The fourth-order valence-electron chi connectivity index (χ4n) is 2.19. The highest BCUT2D eigenvalue weighted by Gasteiger charge is 2.06. The summed E-state index contributed by atoms with van der Waals surface area (Å²) < 4.78 is 0. The normalized spacial score (nSPS) is 10.9. The lowest BCUT2D eigenvalue weighted by molar-refractivity contribution is 0.297. The smallest absolute Gasteiger partial charge is 0.108 e. The fourth-order valence-corrected chi connectivity index (χ4v) is 2.19. The van der Waals surface area contributed by atoms with Crippen LogP contribution in [0.25, 0.3) is 22.0 Å². The molecule has 1 aromatic heterocycles. The van der Waals surface area contributed by atoms with Gasteiger partial charge < -0.3 is 10.1 Å². The van der Waals surface area contributed by atoms with Gasteiger partial charge >= 0.3 is 0 Å². The van der Waals surface area contributed by atoms with Crippen molar-refractivity contribution in [3.63, 3.8) is 0 Å². The number of aliphatic hydroxyl groups excluding tert-OH is 1. The minimum atomic E-state index is 0.114. The molecule has 18 heavy (non-hydrogen) atoms. The number of rotatable bonds is 3. The number of fused-ring (bicyclic) bond motifs is 1. The van der Waals surface area contributed by atoms with Gasteiger partial charge in [-0.1, -0.05) is 42.5 Å². The Morgan fingerprint density at radius 3 is 2.78 bits per heavy atom. The van der Waals surface area contributed by atoms with E-state index in [4.69, 9.17) is 5.11 Å². The second kappa shape index (κ2) is 4.63. The molecular formula is C15H14N2O. The van der Waals surface area contributed by atoms with Crippen LogP contribution in [0.4, 0.5) is 0 Å². The van der Waals surface area contributed by atoms with Gasteiger partial charge in [0.15, 0.2) is 0 Å². The zero-order chi connectivity index (χ0) is 12.4. The first-order chi connectivity index (χ1) is 8.88. The second-order valence-electron chi connectivity index (χ2n) is 4.24. The summed E-state index contributed by atoms with van der Waals surface area (Å²) in [5.41, 5.74) is 2.14. The fraction of sp³-hybridized carbons (Fsp3) is 0.133. The standard InChI is InChI=1S/C15H14N2O/c18-9-8-15-16-10-14(17-15)13-7-3-5-11-4-1-2-6-12(11)13/h1-7,10,18H,8-9H2,(H,16,17). The number of nitrogens with zero attached hydrogens (tertiary/aromatic N) is 1. The number of aromatic amines is 1. The molecule has 0 unspecified atom stereocenters. The van der Waals surface area contributed by atoms with E-state index in [2.05, 4.69) is 34.2 Å². The van der Waals surface area contributed by atoms with Crippen LogP contribution < -0.4 is 0 Å². The number of aliphatic hydroxyl groups is 1. The molecule has 0 aliphatic rings. The van der Waals surface area contributed by atoms with Crippen LogP contribution in [-0.4, -0.2) is 21.7 Å². The molecular weight excluding hydrogens is 224 g/mol. The highest BCUT2D eigenvalue weighted by molar-refractivity contribution is 5.95. The maximum atomic E-state index is 8.91. The SMILES string of the molecule is OCCc1ncc(-c2cccc3ccccc23)[nH]1. The summed E-state index contributed by atoms with van der Waals surface area (Å²) in [5.74, 6) is 0.820. The van der Waals surface area contributed by atoms with E-state index < -0.39 is 0 Å². The summed E-state index contributed by atoms with van der Waals surface area (Å²) in [4.78, 5) is 7.52. The van der Waals surface area contributed by atoms with Crippen LogP contribution in [-0.2, 0) is 6.42 Å². The first kappa shape index (κ1) is 11.0. The maximum Gasteiger partial charge on any atom is 0.108 e. The summed E-state index contributed by atoms with van der Waals surface area (Å²) in [5, 5.41) is 11.3. The lowest BCUT2D eigenvalue weighted by Crippen LogP contribution is -1.92. The Labute approximate surface area is 105 Å². The molecule has 2 N–H and O–H groups in total. The van der Waals surface area contributed by atoms with E-state index in [-0.39, 0.29) is 6.61 Å². The summed E-state index contributed by atoms with van der Waals surface area (Å²) in [6.07, 6.45) is 2.39. The van der Waals surface area contributed by atoms with Gasteiger partial charge in [0, 0.05) is 12.0 Å². The van der Waals surface area contributed by atoms with Crippen LogP contribution in [0.2, 0.25) is 0 Å². The van der Waals surface area contributed by atoms with E-state index in [0.29, 0.717) is 6.42 Å². The van der Waals surface area contributed by atoms with Crippen molar-refractivity contribution in [3.05, 3.63) is 54.5 Å². The van der Waals surface area contributed by atoms with Crippen LogP contribution in [0.5, 0.6) is 0 Å². The Morgan fingerprint density at radius 2 is 1.89 bits per heavy atom. The molecule has 0 saturated carbocycles. The molecule has 1 heterocycles.